The number of aliphatic hydroxyl groups excluding tert-OH is 1. The molecular weight excluding hydrogens is 180 g/mol. The fraction of sp³-hybridized carbons (Fsp3) is 0.909. The van der Waals surface area contributed by atoms with Gasteiger partial charge in [0.15, 0.2) is 0 Å². The maximum Gasteiger partial charge on any atom is 0.308 e. The summed E-state index contributed by atoms with van der Waals surface area (Å²) in [5.41, 5.74) is 0. The van der Waals surface area contributed by atoms with E-state index in [0.29, 0.717) is 6.42 Å². The maximum absolute atomic E-state index is 11.2. The van der Waals surface area contributed by atoms with Crippen LogP contribution in [0.1, 0.15) is 52.9 Å². The lowest BCUT2D eigenvalue weighted by Gasteiger charge is -2.14. The fourth-order valence-corrected chi connectivity index (χ4v) is 1.37. The molecule has 0 rings (SSSR count). The maximum atomic E-state index is 11.2. The number of ether oxygens (including phenoxy) is 1. The van der Waals surface area contributed by atoms with Gasteiger partial charge >= 0.3 is 5.97 Å². The highest BCUT2D eigenvalue weighted by molar-refractivity contribution is 5.70. The van der Waals surface area contributed by atoms with Crippen molar-refractivity contribution in [2.24, 2.45) is 0 Å². The van der Waals surface area contributed by atoms with Gasteiger partial charge in [0, 0.05) is 0 Å². The van der Waals surface area contributed by atoms with Crippen molar-refractivity contribution in [2.45, 2.75) is 65.1 Å². The standard InChI is InChI=1S/C11H22O3/c1-4-6-9(3)14-11(13)8-10(12)7-5-2/h9-10,12H,4-8H2,1-3H3/t9-,10-/m0/s1. The van der Waals surface area contributed by atoms with E-state index in [1.54, 1.807) is 0 Å². The third-order valence-electron chi connectivity index (χ3n) is 2.05. The SMILES string of the molecule is CCC[C@H](O)CC(=O)O[C@@H](C)CCC. The second-order valence-corrected chi connectivity index (χ2v) is 3.74. The second kappa shape index (κ2) is 7.80. The van der Waals surface area contributed by atoms with Crippen LogP contribution in [-0.2, 0) is 9.53 Å². The van der Waals surface area contributed by atoms with Gasteiger partial charge < -0.3 is 9.84 Å². The first-order chi connectivity index (χ1) is 6.60. The van der Waals surface area contributed by atoms with Crippen LogP contribution in [0.4, 0.5) is 0 Å². The molecule has 0 bridgehead atoms. The summed E-state index contributed by atoms with van der Waals surface area (Å²) in [7, 11) is 0. The van der Waals surface area contributed by atoms with Crippen LogP contribution in [0.15, 0.2) is 0 Å². The Morgan fingerprint density at radius 1 is 1.29 bits per heavy atom. The van der Waals surface area contributed by atoms with Crippen molar-refractivity contribution < 1.29 is 14.6 Å². The van der Waals surface area contributed by atoms with Crippen molar-refractivity contribution in [1.82, 2.24) is 0 Å². The molecule has 3 nitrogen and oxygen atoms in total. The highest BCUT2D eigenvalue weighted by atomic mass is 16.5. The quantitative estimate of drug-likeness (QED) is 0.644. The predicted molar refractivity (Wildman–Crippen MR) is 56.0 cm³/mol. The van der Waals surface area contributed by atoms with Gasteiger partial charge in [-0.25, -0.2) is 0 Å². The van der Waals surface area contributed by atoms with Crippen LogP contribution < -0.4 is 0 Å². The lowest BCUT2D eigenvalue weighted by molar-refractivity contribution is -0.150. The first-order valence-corrected chi connectivity index (χ1v) is 5.47. The minimum absolute atomic E-state index is 0.0265. The molecule has 84 valence electrons. The molecule has 0 saturated carbocycles. The van der Waals surface area contributed by atoms with Gasteiger partial charge in [0.1, 0.15) is 0 Å². The van der Waals surface area contributed by atoms with Crippen molar-refractivity contribution in [1.29, 1.82) is 0 Å². The molecule has 0 spiro atoms. The summed E-state index contributed by atoms with van der Waals surface area (Å²) >= 11 is 0. The smallest absolute Gasteiger partial charge is 0.308 e. The van der Waals surface area contributed by atoms with E-state index in [1.807, 2.05) is 13.8 Å². The monoisotopic (exact) mass is 202 g/mol. The molecule has 0 amide bonds. The van der Waals surface area contributed by atoms with E-state index in [9.17, 15) is 9.90 Å². The summed E-state index contributed by atoms with van der Waals surface area (Å²) in [6, 6.07) is 0. The van der Waals surface area contributed by atoms with Crippen LogP contribution in [0, 0.1) is 0 Å². The molecule has 0 aromatic heterocycles. The van der Waals surface area contributed by atoms with Crippen molar-refractivity contribution in [3.63, 3.8) is 0 Å². The molecule has 0 heterocycles. The zero-order valence-electron chi connectivity index (χ0n) is 9.45. The average Bonchev–Trinajstić information content (AvgIpc) is 2.03. The van der Waals surface area contributed by atoms with Crippen LogP contribution in [0.3, 0.4) is 0 Å². The van der Waals surface area contributed by atoms with E-state index in [2.05, 4.69) is 6.92 Å². The molecule has 0 aliphatic carbocycles. The Balaban J connectivity index is 3.63. The van der Waals surface area contributed by atoms with Crippen LogP contribution in [0.5, 0.6) is 0 Å². The van der Waals surface area contributed by atoms with E-state index >= 15 is 0 Å². The van der Waals surface area contributed by atoms with E-state index < -0.39 is 6.10 Å². The van der Waals surface area contributed by atoms with Crippen molar-refractivity contribution in [3.05, 3.63) is 0 Å². The van der Waals surface area contributed by atoms with Crippen molar-refractivity contribution in [2.75, 3.05) is 0 Å². The number of hydrogen-bond acceptors (Lipinski definition) is 3. The Labute approximate surface area is 86.5 Å². The molecule has 0 aliphatic rings. The summed E-state index contributed by atoms with van der Waals surface area (Å²) in [6.07, 6.45) is 3.00. The highest BCUT2D eigenvalue weighted by Gasteiger charge is 2.13. The van der Waals surface area contributed by atoms with Crippen LogP contribution in [-0.4, -0.2) is 23.3 Å². The normalized spacial score (nSPS) is 14.9. The zero-order chi connectivity index (χ0) is 11.0. The van der Waals surface area contributed by atoms with Crippen LogP contribution >= 0.6 is 0 Å². The highest BCUT2D eigenvalue weighted by Crippen LogP contribution is 2.06. The van der Waals surface area contributed by atoms with Crippen LogP contribution in [0.25, 0.3) is 0 Å². The first-order valence-electron chi connectivity index (χ1n) is 5.47. The lowest BCUT2D eigenvalue weighted by Crippen LogP contribution is -2.20. The van der Waals surface area contributed by atoms with Crippen molar-refractivity contribution >= 4 is 5.97 Å². The zero-order valence-corrected chi connectivity index (χ0v) is 9.45. The number of esters is 1. The minimum Gasteiger partial charge on any atom is -0.463 e. The summed E-state index contributed by atoms with van der Waals surface area (Å²) in [5, 5.41) is 9.36. The number of rotatable bonds is 7. The number of aliphatic hydroxyl groups is 1. The van der Waals surface area contributed by atoms with E-state index in [-0.39, 0.29) is 18.5 Å². The summed E-state index contributed by atoms with van der Waals surface area (Å²) in [6.45, 7) is 5.91. The summed E-state index contributed by atoms with van der Waals surface area (Å²) in [5.74, 6) is -0.285. The molecule has 0 fully saturated rings. The largest absolute Gasteiger partial charge is 0.463 e. The third kappa shape index (κ3) is 6.89. The molecule has 3 heteroatoms. The molecule has 0 saturated heterocycles. The molecule has 0 radical (unpaired) electrons. The minimum atomic E-state index is -0.540. The Bertz CT molecular complexity index is 141. The molecule has 0 aromatic rings. The predicted octanol–water partition coefficient (Wildman–Crippen LogP) is 2.27. The fourth-order valence-electron chi connectivity index (χ4n) is 1.37. The molecule has 0 aromatic carbocycles. The van der Waals surface area contributed by atoms with Gasteiger partial charge in [-0.15, -0.1) is 0 Å². The second-order valence-electron chi connectivity index (χ2n) is 3.74. The van der Waals surface area contributed by atoms with Gasteiger partial charge in [0.25, 0.3) is 0 Å². The van der Waals surface area contributed by atoms with E-state index in [1.165, 1.54) is 0 Å². The molecular formula is C11H22O3. The van der Waals surface area contributed by atoms with Gasteiger partial charge in [-0.2, -0.15) is 0 Å². The van der Waals surface area contributed by atoms with Gasteiger partial charge in [-0.05, 0) is 19.8 Å². The first kappa shape index (κ1) is 13.4. The van der Waals surface area contributed by atoms with E-state index in [0.717, 1.165) is 19.3 Å². The van der Waals surface area contributed by atoms with Gasteiger partial charge in [0.05, 0.1) is 18.6 Å². The Morgan fingerprint density at radius 2 is 1.86 bits per heavy atom. The van der Waals surface area contributed by atoms with Crippen LogP contribution in [0.2, 0.25) is 0 Å². The topological polar surface area (TPSA) is 46.5 Å². The van der Waals surface area contributed by atoms with Gasteiger partial charge in [-0.1, -0.05) is 26.7 Å². The number of hydrogen-bond donors (Lipinski definition) is 1. The number of carbonyl (C=O) groups excluding carboxylic acids is 1. The molecule has 0 unspecified atom stereocenters. The average molecular weight is 202 g/mol. The molecule has 2 atom stereocenters. The number of carbonyl (C=O) groups is 1. The van der Waals surface area contributed by atoms with Crippen molar-refractivity contribution in [3.8, 4) is 0 Å². The Hall–Kier alpha value is -0.570. The van der Waals surface area contributed by atoms with Gasteiger partial charge in [0.2, 0.25) is 0 Å². The van der Waals surface area contributed by atoms with E-state index in [4.69, 9.17) is 4.74 Å². The lowest BCUT2D eigenvalue weighted by atomic mass is 10.1. The molecule has 14 heavy (non-hydrogen) atoms. The molecule has 0 aliphatic heterocycles. The molecule has 1 N–H and O–H groups in total. The Morgan fingerprint density at radius 3 is 2.36 bits per heavy atom. The third-order valence-corrected chi connectivity index (χ3v) is 2.05. The van der Waals surface area contributed by atoms with Gasteiger partial charge in [-0.3, -0.25) is 4.79 Å². The Kier molecular flexibility index (Phi) is 7.48. The summed E-state index contributed by atoms with van der Waals surface area (Å²) in [4.78, 5) is 11.2. The summed E-state index contributed by atoms with van der Waals surface area (Å²) < 4.78 is 5.11.